The van der Waals surface area contributed by atoms with Crippen LogP contribution in [0.15, 0.2) is 0 Å². The van der Waals surface area contributed by atoms with Crippen LogP contribution in [0, 0.1) is 0 Å². The largest absolute Gasteiger partial charge is 0.481 e. The molecule has 0 aliphatic carbocycles. The molecule has 0 bridgehead atoms. The fourth-order valence-electron chi connectivity index (χ4n) is 1.82. The molecule has 2 amide bonds. The molecule has 2 N–H and O–H groups in total. The number of amides is 2. The minimum Gasteiger partial charge on any atom is -0.481 e. The first-order valence-electron chi connectivity index (χ1n) is 6.98. The van der Waals surface area contributed by atoms with E-state index in [1.165, 1.54) is 0 Å². The summed E-state index contributed by atoms with van der Waals surface area (Å²) >= 11 is 0. The maximum Gasteiger partial charge on any atom is 0.318 e. The van der Waals surface area contributed by atoms with E-state index in [4.69, 9.17) is 5.11 Å². The van der Waals surface area contributed by atoms with Crippen LogP contribution in [0.2, 0.25) is 0 Å². The topological polar surface area (TPSA) is 69.6 Å². The highest BCUT2D eigenvalue weighted by Crippen LogP contribution is 2.14. The molecule has 19 heavy (non-hydrogen) atoms. The Morgan fingerprint density at radius 1 is 1.32 bits per heavy atom. The van der Waals surface area contributed by atoms with Gasteiger partial charge in [-0.2, -0.15) is 0 Å². The van der Waals surface area contributed by atoms with Gasteiger partial charge in [-0.3, -0.25) is 4.79 Å². The summed E-state index contributed by atoms with van der Waals surface area (Å²) in [5, 5.41) is 11.7. The molecule has 0 saturated carbocycles. The lowest BCUT2D eigenvalue weighted by Gasteiger charge is -2.36. The lowest BCUT2D eigenvalue weighted by molar-refractivity contribution is -0.137. The van der Waals surface area contributed by atoms with Crippen molar-refractivity contribution in [1.82, 2.24) is 10.2 Å². The quantitative estimate of drug-likeness (QED) is 0.748. The lowest BCUT2D eigenvalue weighted by Crippen LogP contribution is -2.52. The van der Waals surface area contributed by atoms with Crippen molar-refractivity contribution in [3.8, 4) is 0 Å². The number of aliphatic carboxylic acids is 1. The third-order valence-corrected chi connectivity index (χ3v) is 2.96. The molecule has 0 aliphatic rings. The normalized spacial score (nSPS) is 12.9. The fraction of sp³-hybridized carbons (Fsp3) is 0.857. The summed E-state index contributed by atoms with van der Waals surface area (Å²) in [6, 6.07) is -0.0699. The Bertz CT molecular complexity index is 298. The molecule has 0 heterocycles. The average molecular weight is 272 g/mol. The van der Waals surface area contributed by atoms with Crippen LogP contribution in [0.4, 0.5) is 4.79 Å². The van der Waals surface area contributed by atoms with E-state index >= 15 is 0 Å². The molecule has 0 saturated heterocycles. The summed E-state index contributed by atoms with van der Waals surface area (Å²) < 4.78 is 0. The molecule has 0 radical (unpaired) electrons. The molecule has 0 fully saturated rings. The number of hydrogen-bond acceptors (Lipinski definition) is 2. The van der Waals surface area contributed by atoms with Gasteiger partial charge in [0.2, 0.25) is 0 Å². The Kier molecular flexibility index (Phi) is 7.49. The van der Waals surface area contributed by atoms with Gasteiger partial charge >= 0.3 is 12.0 Å². The van der Waals surface area contributed by atoms with Crippen LogP contribution in [0.5, 0.6) is 0 Å². The molecule has 1 atom stereocenters. The molecular weight excluding hydrogens is 244 g/mol. The van der Waals surface area contributed by atoms with Gasteiger partial charge in [0.15, 0.2) is 0 Å². The third-order valence-electron chi connectivity index (χ3n) is 2.96. The molecule has 0 aliphatic heterocycles. The van der Waals surface area contributed by atoms with E-state index in [0.29, 0.717) is 0 Å². The van der Waals surface area contributed by atoms with E-state index in [2.05, 4.69) is 12.2 Å². The smallest absolute Gasteiger partial charge is 0.318 e. The van der Waals surface area contributed by atoms with E-state index in [0.717, 1.165) is 19.3 Å². The zero-order valence-corrected chi connectivity index (χ0v) is 12.8. The molecular formula is C14H28N2O3. The highest BCUT2D eigenvalue weighted by Gasteiger charge is 2.27. The number of urea groups is 1. The van der Waals surface area contributed by atoms with Crippen LogP contribution in [-0.2, 0) is 4.79 Å². The monoisotopic (exact) mass is 272 g/mol. The van der Waals surface area contributed by atoms with Crippen molar-refractivity contribution < 1.29 is 14.7 Å². The van der Waals surface area contributed by atoms with E-state index in [-0.39, 0.29) is 30.6 Å². The van der Waals surface area contributed by atoms with Crippen LogP contribution in [-0.4, -0.2) is 40.1 Å². The summed E-state index contributed by atoms with van der Waals surface area (Å²) in [6.07, 6.45) is 3.08. The van der Waals surface area contributed by atoms with E-state index in [1.807, 2.05) is 27.7 Å². The number of unbranched alkanes of at least 4 members (excludes halogenated alkanes) is 1. The Labute approximate surface area is 116 Å². The zero-order valence-electron chi connectivity index (χ0n) is 12.8. The second kappa shape index (κ2) is 8.02. The maximum absolute atomic E-state index is 12.2. The van der Waals surface area contributed by atoms with Crippen molar-refractivity contribution in [3.63, 3.8) is 0 Å². The van der Waals surface area contributed by atoms with Crippen molar-refractivity contribution in [2.75, 3.05) is 6.54 Å². The third kappa shape index (κ3) is 7.70. The van der Waals surface area contributed by atoms with Gasteiger partial charge in [-0.15, -0.1) is 0 Å². The second-order valence-corrected chi connectivity index (χ2v) is 5.96. The van der Waals surface area contributed by atoms with Gasteiger partial charge < -0.3 is 15.3 Å². The fourth-order valence-corrected chi connectivity index (χ4v) is 1.82. The van der Waals surface area contributed by atoms with Crippen molar-refractivity contribution in [2.24, 2.45) is 0 Å². The molecule has 0 aromatic carbocycles. The number of nitrogens with one attached hydrogen (secondary N) is 1. The molecule has 0 aromatic rings. The minimum absolute atomic E-state index is 0.0337. The summed E-state index contributed by atoms with van der Waals surface area (Å²) in [7, 11) is 0. The molecule has 1 unspecified atom stereocenters. The molecule has 5 nitrogen and oxygen atoms in total. The number of carbonyl (C=O) groups excluding carboxylic acids is 1. The molecule has 112 valence electrons. The van der Waals surface area contributed by atoms with E-state index in [9.17, 15) is 9.59 Å². The Morgan fingerprint density at radius 3 is 2.32 bits per heavy atom. The number of hydrogen-bond donors (Lipinski definition) is 2. The van der Waals surface area contributed by atoms with Gasteiger partial charge in [-0.05, 0) is 34.1 Å². The highest BCUT2D eigenvalue weighted by atomic mass is 16.4. The Hall–Kier alpha value is -1.26. The molecule has 0 aromatic heterocycles. The van der Waals surface area contributed by atoms with Crippen molar-refractivity contribution >= 4 is 12.0 Å². The predicted molar refractivity (Wildman–Crippen MR) is 76.2 cm³/mol. The SMILES string of the molecule is CCCCC(C)NC(=O)N(CCC(=O)O)C(C)(C)C. The standard InChI is InChI=1S/C14H28N2O3/c1-6-7-8-11(2)15-13(19)16(14(3,4)5)10-9-12(17)18/h11H,6-10H2,1-5H3,(H,15,19)(H,17,18). The van der Waals surface area contributed by atoms with Gasteiger partial charge in [0.25, 0.3) is 0 Å². The number of carboxylic acid groups (broad SMARTS) is 1. The van der Waals surface area contributed by atoms with Gasteiger partial charge in [-0.25, -0.2) is 4.79 Å². The minimum atomic E-state index is -0.888. The average Bonchev–Trinajstić information content (AvgIpc) is 2.24. The molecule has 0 spiro atoms. The zero-order chi connectivity index (χ0) is 15.1. The van der Waals surface area contributed by atoms with Crippen LogP contribution < -0.4 is 5.32 Å². The van der Waals surface area contributed by atoms with E-state index < -0.39 is 5.97 Å². The van der Waals surface area contributed by atoms with Crippen molar-refractivity contribution in [3.05, 3.63) is 0 Å². The summed E-state index contributed by atoms with van der Waals surface area (Å²) in [5.74, 6) is -0.888. The van der Waals surface area contributed by atoms with Gasteiger partial charge in [0, 0.05) is 18.1 Å². The Balaban J connectivity index is 4.50. The first-order valence-corrected chi connectivity index (χ1v) is 6.98. The Morgan fingerprint density at radius 2 is 1.89 bits per heavy atom. The predicted octanol–water partition coefficient (Wildman–Crippen LogP) is 2.85. The van der Waals surface area contributed by atoms with Crippen LogP contribution in [0.1, 0.15) is 60.3 Å². The van der Waals surface area contributed by atoms with Crippen molar-refractivity contribution in [2.45, 2.75) is 71.9 Å². The van der Waals surface area contributed by atoms with Gasteiger partial charge in [0.05, 0.1) is 6.42 Å². The van der Waals surface area contributed by atoms with Crippen LogP contribution >= 0.6 is 0 Å². The second-order valence-electron chi connectivity index (χ2n) is 5.96. The van der Waals surface area contributed by atoms with Crippen LogP contribution in [0.3, 0.4) is 0 Å². The molecule has 5 heteroatoms. The number of carbonyl (C=O) groups is 2. The molecule has 0 rings (SSSR count). The first-order chi connectivity index (χ1) is 8.68. The maximum atomic E-state index is 12.2. The highest BCUT2D eigenvalue weighted by molar-refractivity contribution is 5.76. The summed E-state index contributed by atoms with van der Waals surface area (Å²) in [5.41, 5.74) is -0.385. The van der Waals surface area contributed by atoms with Gasteiger partial charge in [0.1, 0.15) is 0 Å². The van der Waals surface area contributed by atoms with E-state index in [1.54, 1.807) is 4.90 Å². The summed E-state index contributed by atoms with van der Waals surface area (Å²) in [4.78, 5) is 24.4. The summed E-state index contributed by atoms with van der Waals surface area (Å²) in [6.45, 7) is 10.0. The number of nitrogens with zero attached hydrogens (tertiary/aromatic N) is 1. The lowest BCUT2D eigenvalue weighted by atomic mass is 10.1. The number of carboxylic acids is 1. The van der Waals surface area contributed by atoms with Crippen LogP contribution in [0.25, 0.3) is 0 Å². The number of rotatable bonds is 7. The van der Waals surface area contributed by atoms with Crippen molar-refractivity contribution in [1.29, 1.82) is 0 Å². The van der Waals surface area contributed by atoms with Gasteiger partial charge in [-0.1, -0.05) is 19.8 Å². The first kappa shape index (κ1) is 17.7.